The van der Waals surface area contributed by atoms with E-state index in [1.54, 1.807) is 12.1 Å². The van der Waals surface area contributed by atoms with E-state index in [0.29, 0.717) is 10.2 Å². The maximum absolute atomic E-state index is 10.4. The SMILES string of the molecule is Cc1cc(OS(=O)O)c(Br)cc1Br. The normalized spacial score (nSPS) is 12.6. The molecule has 6 heteroatoms. The molecular formula is C7H6Br2O3S. The van der Waals surface area contributed by atoms with Gasteiger partial charge in [-0.25, -0.2) is 0 Å². The molecule has 0 aromatic heterocycles. The molecule has 13 heavy (non-hydrogen) atoms. The lowest BCUT2D eigenvalue weighted by Gasteiger charge is -2.05. The molecule has 0 aliphatic rings. The molecule has 1 rings (SSSR count). The Labute approximate surface area is 95.2 Å². The van der Waals surface area contributed by atoms with Gasteiger partial charge in [0.15, 0.2) is 5.75 Å². The summed E-state index contributed by atoms with van der Waals surface area (Å²) >= 11 is 4.24. The van der Waals surface area contributed by atoms with Crippen LogP contribution in [0.2, 0.25) is 0 Å². The summed E-state index contributed by atoms with van der Waals surface area (Å²) < 4.78 is 25.1. The maximum atomic E-state index is 10.4. The van der Waals surface area contributed by atoms with E-state index in [2.05, 4.69) is 36.0 Å². The van der Waals surface area contributed by atoms with Crippen LogP contribution in [-0.4, -0.2) is 8.76 Å². The highest BCUT2D eigenvalue weighted by Gasteiger charge is 2.07. The summed E-state index contributed by atoms with van der Waals surface area (Å²) in [6.45, 7) is 1.86. The van der Waals surface area contributed by atoms with Crippen molar-refractivity contribution in [3.63, 3.8) is 0 Å². The summed E-state index contributed by atoms with van der Waals surface area (Å²) in [5, 5.41) is 0. The monoisotopic (exact) mass is 328 g/mol. The van der Waals surface area contributed by atoms with E-state index in [4.69, 9.17) is 4.55 Å². The predicted molar refractivity (Wildman–Crippen MR) is 58.0 cm³/mol. The van der Waals surface area contributed by atoms with E-state index in [1.807, 2.05) is 6.92 Å². The molecule has 1 aromatic rings. The Morgan fingerprint density at radius 1 is 1.38 bits per heavy atom. The Balaban J connectivity index is 3.08. The molecule has 1 unspecified atom stereocenters. The third-order valence-electron chi connectivity index (χ3n) is 1.37. The molecule has 0 amide bonds. The van der Waals surface area contributed by atoms with Gasteiger partial charge >= 0.3 is 11.4 Å². The molecule has 0 fully saturated rings. The highest BCUT2D eigenvalue weighted by molar-refractivity contribution is 9.11. The Hall–Kier alpha value is 0.0900. The molecule has 0 saturated heterocycles. The minimum atomic E-state index is -2.29. The van der Waals surface area contributed by atoms with Crippen LogP contribution in [-0.2, 0) is 11.4 Å². The van der Waals surface area contributed by atoms with Crippen molar-refractivity contribution in [2.75, 3.05) is 0 Å². The van der Waals surface area contributed by atoms with E-state index >= 15 is 0 Å². The highest BCUT2D eigenvalue weighted by atomic mass is 79.9. The second-order valence-electron chi connectivity index (χ2n) is 2.33. The van der Waals surface area contributed by atoms with E-state index in [1.165, 1.54) is 0 Å². The molecule has 0 aliphatic carbocycles. The van der Waals surface area contributed by atoms with Gasteiger partial charge in [0.2, 0.25) is 0 Å². The topological polar surface area (TPSA) is 46.5 Å². The number of halogens is 2. The molecular weight excluding hydrogens is 324 g/mol. The Morgan fingerprint density at radius 2 is 2.00 bits per heavy atom. The third-order valence-corrected chi connectivity index (χ3v) is 3.17. The van der Waals surface area contributed by atoms with Crippen LogP contribution < -0.4 is 4.18 Å². The average Bonchev–Trinajstić information content (AvgIpc) is 1.99. The summed E-state index contributed by atoms with van der Waals surface area (Å²) in [7, 11) is 0. The van der Waals surface area contributed by atoms with Crippen LogP contribution in [0.3, 0.4) is 0 Å². The zero-order valence-electron chi connectivity index (χ0n) is 6.58. The zero-order chi connectivity index (χ0) is 10.0. The molecule has 0 aliphatic heterocycles. The molecule has 1 atom stereocenters. The van der Waals surface area contributed by atoms with Crippen molar-refractivity contribution in [1.29, 1.82) is 0 Å². The molecule has 0 bridgehead atoms. The molecule has 1 N–H and O–H groups in total. The molecule has 3 nitrogen and oxygen atoms in total. The van der Waals surface area contributed by atoms with E-state index in [0.717, 1.165) is 10.0 Å². The Morgan fingerprint density at radius 3 is 2.54 bits per heavy atom. The molecule has 1 aromatic carbocycles. The Bertz CT molecular complexity index is 354. The first-order valence-corrected chi connectivity index (χ1v) is 5.87. The van der Waals surface area contributed by atoms with Gasteiger partial charge in [-0.1, -0.05) is 15.9 Å². The molecule has 0 radical (unpaired) electrons. The smallest absolute Gasteiger partial charge is 0.357 e. The van der Waals surface area contributed by atoms with Crippen molar-refractivity contribution >= 4 is 43.2 Å². The van der Waals surface area contributed by atoms with Gasteiger partial charge in [-0.3, -0.25) is 4.55 Å². The summed E-state index contributed by atoms with van der Waals surface area (Å²) in [5.74, 6) is 0.349. The number of aryl methyl sites for hydroxylation is 1. The lowest BCUT2D eigenvalue weighted by molar-refractivity contribution is 0.456. The van der Waals surface area contributed by atoms with Crippen molar-refractivity contribution in [2.45, 2.75) is 6.92 Å². The van der Waals surface area contributed by atoms with Crippen LogP contribution in [0.25, 0.3) is 0 Å². The standard InChI is InChI=1S/C7H6Br2O3S/c1-4-2-7(12-13(10)11)6(9)3-5(4)8/h2-3H,1H3,(H,10,11). The largest absolute Gasteiger partial charge is 0.379 e. The first-order valence-electron chi connectivity index (χ1n) is 3.25. The number of hydrogen-bond acceptors (Lipinski definition) is 2. The number of hydrogen-bond donors (Lipinski definition) is 1. The van der Waals surface area contributed by atoms with Crippen molar-refractivity contribution < 1.29 is 12.9 Å². The molecule has 0 saturated carbocycles. The number of rotatable bonds is 2. The minimum Gasteiger partial charge on any atom is -0.379 e. The van der Waals surface area contributed by atoms with Crippen LogP contribution in [0.15, 0.2) is 21.1 Å². The molecule has 0 heterocycles. The minimum absolute atomic E-state index is 0.349. The van der Waals surface area contributed by atoms with E-state index in [9.17, 15) is 4.21 Å². The van der Waals surface area contributed by atoms with Gasteiger partial charge in [0.05, 0.1) is 4.47 Å². The van der Waals surface area contributed by atoms with E-state index < -0.39 is 11.4 Å². The summed E-state index contributed by atoms with van der Waals surface area (Å²) in [6, 6.07) is 3.43. The quantitative estimate of drug-likeness (QED) is 0.848. The second-order valence-corrected chi connectivity index (χ2v) is 4.64. The fourth-order valence-electron chi connectivity index (χ4n) is 0.771. The van der Waals surface area contributed by atoms with Crippen LogP contribution in [0.5, 0.6) is 5.75 Å². The summed E-state index contributed by atoms with van der Waals surface area (Å²) in [4.78, 5) is 0. The van der Waals surface area contributed by atoms with Crippen LogP contribution in [0.4, 0.5) is 0 Å². The van der Waals surface area contributed by atoms with E-state index in [-0.39, 0.29) is 0 Å². The molecule has 0 spiro atoms. The first kappa shape index (κ1) is 11.2. The second kappa shape index (κ2) is 4.54. The van der Waals surface area contributed by atoms with Gasteiger partial charge in [0.25, 0.3) is 0 Å². The lowest BCUT2D eigenvalue weighted by Crippen LogP contribution is -1.98. The van der Waals surface area contributed by atoms with Crippen LogP contribution in [0, 0.1) is 6.92 Å². The van der Waals surface area contributed by atoms with Gasteiger partial charge < -0.3 is 4.18 Å². The molecule has 72 valence electrons. The Kier molecular flexibility index (Phi) is 3.90. The van der Waals surface area contributed by atoms with Crippen molar-refractivity contribution in [3.05, 3.63) is 26.6 Å². The van der Waals surface area contributed by atoms with Gasteiger partial charge in [0.1, 0.15) is 0 Å². The fourth-order valence-corrected chi connectivity index (χ4v) is 2.24. The fraction of sp³-hybridized carbons (Fsp3) is 0.143. The van der Waals surface area contributed by atoms with Crippen molar-refractivity contribution in [3.8, 4) is 5.75 Å². The number of benzene rings is 1. The summed E-state index contributed by atoms with van der Waals surface area (Å²) in [5.41, 5.74) is 0.934. The van der Waals surface area contributed by atoms with Gasteiger partial charge in [-0.15, -0.1) is 0 Å². The van der Waals surface area contributed by atoms with Gasteiger partial charge in [-0.05, 0) is 40.5 Å². The van der Waals surface area contributed by atoms with Crippen LogP contribution in [0.1, 0.15) is 5.56 Å². The summed E-state index contributed by atoms with van der Waals surface area (Å²) in [6.07, 6.45) is 0. The van der Waals surface area contributed by atoms with Gasteiger partial charge in [0, 0.05) is 4.47 Å². The van der Waals surface area contributed by atoms with Gasteiger partial charge in [-0.2, -0.15) is 4.21 Å². The lowest BCUT2D eigenvalue weighted by atomic mass is 10.2. The third kappa shape index (κ3) is 3.05. The van der Waals surface area contributed by atoms with Crippen molar-refractivity contribution in [1.82, 2.24) is 0 Å². The zero-order valence-corrected chi connectivity index (χ0v) is 10.6. The first-order chi connectivity index (χ1) is 6.00. The average molecular weight is 330 g/mol. The van der Waals surface area contributed by atoms with Crippen molar-refractivity contribution in [2.24, 2.45) is 0 Å². The predicted octanol–water partition coefficient (Wildman–Crippen LogP) is 3.04. The van der Waals surface area contributed by atoms with Crippen LogP contribution >= 0.6 is 31.9 Å². The highest BCUT2D eigenvalue weighted by Crippen LogP contribution is 2.31. The maximum Gasteiger partial charge on any atom is 0.357 e.